The molecule has 0 aromatic carbocycles. The van der Waals surface area contributed by atoms with Crippen LogP contribution >= 0.6 is 11.6 Å². The van der Waals surface area contributed by atoms with E-state index in [1.54, 1.807) is 19.3 Å². The largest absolute Gasteiger partial charge is 0.411 e. The summed E-state index contributed by atoms with van der Waals surface area (Å²) in [5.74, 6) is 0.586. The van der Waals surface area contributed by atoms with E-state index in [0.29, 0.717) is 30.6 Å². The maximum absolute atomic E-state index is 11.9. The van der Waals surface area contributed by atoms with Crippen LogP contribution in [0.3, 0.4) is 0 Å². The lowest BCUT2D eigenvalue weighted by atomic mass is 10.2. The zero-order valence-corrected chi connectivity index (χ0v) is 13.5. The molecule has 1 aromatic heterocycles. The van der Waals surface area contributed by atoms with Gasteiger partial charge in [-0.25, -0.2) is 4.98 Å². The molecule has 5 nitrogen and oxygen atoms in total. The summed E-state index contributed by atoms with van der Waals surface area (Å²) < 4.78 is 40.1. The molecule has 23 heavy (non-hydrogen) atoms. The number of ether oxygens (including phenoxy) is 1. The van der Waals surface area contributed by atoms with Crippen LogP contribution in [-0.2, 0) is 11.2 Å². The van der Waals surface area contributed by atoms with E-state index < -0.39 is 12.8 Å². The predicted octanol–water partition coefficient (Wildman–Crippen LogP) is 2.41. The maximum Gasteiger partial charge on any atom is 0.411 e. The summed E-state index contributed by atoms with van der Waals surface area (Å²) in [7, 11) is 1.62. The van der Waals surface area contributed by atoms with Gasteiger partial charge in [0.2, 0.25) is 0 Å². The Hall–Kier alpha value is -1.54. The van der Waals surface area contributed by atoms with Crippen LogP contribution in [0.1, 0.15) is 12.0 Å². The summed E-state index contributed by atoms with van der Waals surface area (Å²) in [6.07, 6.45) is -1.36. The van der Waals surface area contributed by atoms with Gasteiger partial charge in [-0.1, -0.05) is 17.7 Å². The first-order valence-electron chi connectivity index (χ1n) is 7.10. The Bertz CT molecular complexity index is 480. The second-order valence-corrected chi connectivity index (χ2v) is 5.07. The van der Waals surface area contributed by atoms with Crippen LogP contribution < -0.4 is 10.6 Å². The third kappa shape index (κ3) is 9.96. The number of hydrogen-bond donors (Lipinski definition) is 2. The second kappa shape index (κ2) is 10.3. The molecular formula is C14H20ClF3N4O. The summed E-state index contributed by atoms with van der Waals surface area (Å²) in [6, 6.07) is 3.62. The van der Waals surface area contributed by atoms with Gasteiger partial charge in [-0.05, 0) is 24.5 Å². The van der Waals surface area contributed by atoms with Gasteiger partial charge in [-0.2, -0.15) is 13.2 Å². The second-order valence-electron chi connectivity index (χ2n) is 4.69. The van der Waals surface area contributed by atoms with Crippen molar-refractivity contribution in [1.29, 1.82) is 0 Å². The molecule has 0 aliphatic heterocycles. The maximum atomic E-state index is 11.9. The van der Waals surface area contributed by atoms with Gasteiger partial charge in [0.05, 0.1) is 0 Å². The summed E-state index contributed by atoms with van der Waals surface area (Å²) in [4.78, 5) is 8.02. The molecule has 9 heteroatoms. The Balaban J connectivity index is 2.11. The van der Waals surface area contributed by atoms with Gasteiger partial charge in [0.25, 0.3) is 0 Å². The van der Waals surface area contributed by atoms with E-state index in [9.17, 15) is 13.2 Å². The SMILES string of the molecule is CN=C(NCCCOCC(F)(F)F)NCCc1ccc(Cl)nc1. The van der Waals surface area contributed by atoms with Crippen LogP contribution in [0.25, 0.3) is 0 Å². The monoisotopic (exact) mass is 352 g/mol. The molecule has 0 unspecified atom stereocenters. The third-order valence-corrected chi connectivity index (χ3v) is 2.97. The number of aromatic nitrogens is 1. The van der Waals surface area contributed by atoms with Crippen molar-refractivity contribution < 1.29 is 17.9 Å². The molecule has 1 rings (SSSR count). The van der Waals surface area contributed by atoms with Crippen LogP contribution in [0.4, 0.5) is 13.2 Å². The lowest BCUT2D eigenvalue weighted by Gasteiger charge is -2.12. The Morgan fingerprint density at radius 3 is 2.65 bits per heavy atom. The molecule has 0 atom stereocenters. The molecule has 0 amide bonds. The number of nitrogens with one attached hydrogen (secondary N) is 2. The van der Waals surface area contributed by atoms with E-state index in [2.05, 4.69) is 25.3 Å². The number of nitrogens with zero attached hydrogens (tertiary/aromatic N) is 2. The van der Waals surface area contributed by atoms with Gasteiger partial charge in [-0.3, -0.25) is 4.99 Å². The van der Waals surface area contributed by atoms with E-state index in [0.717, 1.165) is 12.0 Å². The molecule has 0 aliphatic carbocycles. The van der Waals surface area contributed by atoms with Crippen LogP contribution in [0.2, 0.25) is 5.15 Å². The molecule has 2 N–H and O–H groups in total. The number of pyridine rings is 1. The zero-order valence-electron chi connectivity index (χ0n) is 12.8. The van der Waals surface area contributed by atoms with Crippen molar-refractivity contribution in [3.63, 3.8) is 0 Å². The van der Waals surface area contributed by atoms with Gasteiger partial charge in [0, 0.05) is 32.9 Å². The van der Waals surface area contributed by atoms with Crippen LogP contribution in [0.15, 0.2) is 23.3 Å². The number of halogens is 4. The van der Waals surface area contributed by atoms with Crippen molar-refractivity contribution in [2.24, 2.45) is 4.99 Å². The fraction of sp³-hybridized carbons (Fsp3) is 0.571. The normalized spacial score (nSPS) is 12.3. The Morgan fingerprint density at radius 2 is 2.04 bits per heavy atom. The average Bonchev–Trinajstić information content (AvgIpc) is 2.49. The molecule has 0 aliphatic rings. The minimum atomic E-state index is -4.28. The molecule has 1 aromatic rings. The summed E-state index contributed by atoms with van der Waals surface area (Å²) in [5, 5.41) is 6.56. The highest BCUT2D eigenvalue weighted by Crippen LogP contribution is 2.14. The number of aliphatic imine (C=N–C) groups is 1. The first-order valence-corrected chi connectivity index (χ1v) is 7.48. The molecule has 1 heterocycles. The molecule has 0 radical (unpaired) electrons. The highest BCUT2D eigenvalue weighted by Gasteiger charge is 2.27. The average molecular weight is 353 g/mol. The van der Waals surface area contributed by atoms with Crippen LogP contribution in [-0.4, -0.2) is 50.5 Å². The van der Waals surface area contributed by atoms with Gasteiger partial charge < -0.3 is 15.4 Å². The van der Waals surface area contributed by atoms with Crippen molar-refractivity contribution in [2.45, 2.75) is 19.0 Å². The standard InChI is InChI=1S/C14H20ClF3N4O/c1-19-13(20-6-2-8-23-10-14(16,17)18)21-7-5-11-3-4-12(15)22-9-11/h3-4,9H,2,5-8,10H2,1H3,(H2,19,20,21). The molecule has 0 fully saturated rings. The third-order valence-electron chi connectivity index (χ3n) is 2.74. The lowest BCUT2D eigenvalue weighted by Crippen LogP contribution is -2.39. The smallest absolute Gasteiger partial charge is 0.372 e. The summed E-state index contributed by atoms with van der Waals surface area (Å²) in [5.41, 5.74) is 1.04. The van der Waals surface area contributed by atoms with E-state index in [1.165, 1.54) is 0 Å². The molecule has 0 saturated heterocycles. The molecule has 0 spiro atoms. The first kappa shape index (κ1) is 19.5. The summed E-state index contributed by atoms with van der Waals surface area (Å²) >= 11 is 5.71. The fourth-order valence-electron chi connectivity index (χ4n) is 1.67. The minimum absolute atomic E-state index is 0.0416. The Labute approximate surface area is 138 Å². The van der Waals surface area contributed by atoms with E-state index in [-0.39, 0.29) is 6.61 Å². The van der Waals surface area contributed by atoms with Crippen LogP contribution in [0, 0.1) is 0 Å². The van der Waals surface area contributed by atoms with Gasteiger partial charge in [0.1, 0.15) is 11.8 Å². The van der Waals surface area contributed by atoms with E-state index >= 15 is 0 Å². The van der Waals surface area contributed by atoms with Gasteiger partial charge in [-0.15, -0.1) is 0 Å². The summed E-state index contributed by atoms with van der Waals surface area (Å²) in [6.45, 7) is -0.0529. The van der Waals surface area contributed by atoms with Crippen molar-refractivity contribution in [3.05, 3.63) is 29.0 Å². The number of guanidine groups is 1. The fourth-order valence-corrected chi connectivity index (χ4v) is 1.78. The van der Waals surface area contributed by atoms with E-state index in [1.807, 2.05) is 6.07 Å². The van der Waals surface area contributed by atoms with Gasteiger partial charge >= 0.3 is 6.18 Å². The Morgan fingerprint density at radius 1 is 1.30 bits per heavy atom. The highest BCUT2D eigenvalue weighted by molar-refractivity contribution is 6.29. The van der Waals surface area contributed by atoms with Crippen molar-refractivity contribution in [2.75, 3.05) is 33.4 Å². The van der Waals surface area contributed by atoms with Crippen molar-refractivity contribution in [3.8, 4) is 0 Å². The van der Waals surface area contributed by atoms with Crippen molar-refractivity contribution in [1.82, 2.24) is 15.6 Å². The molecule has 0 bridgehead atoms. The predicted molar refractivity (Wildman–Crippen MR) is 83.8 cm³/mol. The number of alkyl halides is 3. The van der Waals surface area contributed by atoms with Crippen molar-refractivity contribution >= 4 is 17.6 Å². The zero-order chi connectivity index (χ0) is 17.1. The van der Waals surface area contributed by atoms with E-state index in [4.69, 9.17) is 11.6 Å². The number of hydrogen-bond acceptors (Lipinski definition) is 3. The molecule has 130 valence electrons. The van der Waals surface area contributed by atoms with Gasteiger partial charge in [0.15, 0.2) is 5.96 Å². The topological polar surface area (TPSA) is 58.5 Å². The highest BCUT2D eigenvalue weighted by atomic mass is 35.5. The minimum Gasteiger partial charge on any atom is -0.372 e. The molecule has 0 saturated carbocycles. The number of rotatable bonds is 8. The molecular weight excluding hydrogens is 333 g/mol. The quantitative estimate of drug-likeness (QED) is 0.326. The first-order chi connectivity index (χ1) is 10.9. The van der Waals surface area contributed by atoms with Crippen LogP contribution in [0.5, 0.6) is 0 Å². The Kier molecular flexibility index (Phi) is 8.71. The lowest BCUT2D eigenvalue weighted by molar-refractivity contribution is -0.173.